The van der Waals surface area contributed by atoms with E-state index < -0.39 is 0 Å². The summed E-state index contributed by atoms with van der Waals surface area (Å²) < 4.78 is 14.3. The highest BCUT2D eigenvalue weighted by atomic mass is 79.9. The Bertz CT molecular complexity index is 537. The maximum Gasteiger partial charge on any atom is 0.146 e. The quantitative estimate of drug-likeness (QED) is 0.890. The molecule has 0 unspecified atom stereocenters. The zero-order valence-electron chi connectivity index (χ0n) is 9.17. The lowest BCUT2D eigenvalue weighted by Crippen LogP contribution is -2.00. The van der Waals surface area contributed by atoms with Crippen molar-refractivity contribution in [2.75, 3.05) is 11.1 Å². The number of nitrogens with one attached hydrogen (secondary N) is 1. The molecule has 2 aromatic rings. The molecule has 5 heteroatoms. The van der Waals surface area contributed by atoms with Gasteiger partial charge in [0.2, 0.25) is 0 Å². The van der Waals surface area contributed by atoms with Crippen LogP contribution < -0.4 is 11.1 Å². The number of nitrogen functional groups attached to an aromatic ring is 1. The predicted octanol–water partition coefficient (Wildman–Crippen LogP) is 3.62. The van der Waals surface area contributed by atoms with Gasteiger partial charge in [-0.25, -0.2) is 9.37 Å². The molecule has 88 valence electrons. The third kappa shape index (κ3) is 2.55. The SMILES string of the molecule is Cc1cccc(F)c1Nc1ncc(N)cc1Br. The zero-order valence-corrected chi connectivity index (χ0v) is 10.8. The fourth-order valence-corrected chi connectivity index (χ4v) is 1.92. The second-order valence-corrected chi connectivity index (χ2v) is 4.51. The highest BCUT2D eigenvalue weighted by Crippen LogP contribution is 2.28. The van der Waals surface area contributed by atoms with Gasteiger partial charge < -0.3 is 11.1 Å². The molecular weight excluding hydrogens is 285 g/mol. The van der Waals surface area contributed by atoms with Crippen LogP contribution in [0.15, 0.2) is 34.9 Å². The van der Waals surface area contributed by atoms with E-state index in [1.54, 1.807) is 12.1 Å². The molecule has 1 aromatic heterocycles. The molecule has 0 aliphatic carbocycles. The number of hydrogen-bond acceptors (Lipinski definition) is 3. The van der Waals surface area contributed by atoms with Crippen molar-refractivity contribution >= 4 is 33.1 Å². The molecule has 0 spiro atoms. The van der Waals surface area contributed by atoms with Gasteiger partial charge in [0.1, 0.15) is 11.6 Å². The van der Waals surface area contributed by atoms with Gasteiger partial charge in [0.15, 0.2) is 0 Å². The fourth-order valence-electron chi connectivity index (χ4n) is 1.45. The summed E-state index contributed by atoms with van der Waals surface area (Å²) in [4.78, 5) is 4.11. The van der Waals surface area contributed by atoms with Gasteiger partial charge in [-0.2, -0.15) is 0 Å². The Morgan fingerprint density at radius 3 is 2.82 bits per heavy atom. The molecule has 0 saturated carbocycles. The molecule has 1 aromatic carbocycles. The van der Waals surface area contributed by atoms with Crippen LogP contribution in [0.5, 0.6) is 0 Å². The van der Waals surface area contributed by atoms with Crippen LogP contribution in [0, 0.1) is 12.7 Å². The van der Waals surface area contributed by atoms with Crippen LogP contribution in [0.2, 0.25) is 0 Å². The minimum atomic E-state index is -0.310. The molecule has 0 bridgehead atoms. The number of nitrogens with two attached hydrogens (primary N) is 1. The van der Waals surface area contributed by atoms with Crippen LogP contribution in [0.1, 0.15) is 5.56 Å². The van der Waals surface area contributed by atoms with Crippen molar-refractivity contribution in [2.45, 2.75) is 6.92 Å². The lowest BCUT2D eigenvalue weighted by molar-refractivity contribution is 0.631. The van der Waals surface area contributed by atoms with Gasteiger partial charge in [0.05, 0.1) is 22.0 Å². The molecule has 0 amide bonds. The molecule has 2 rings (SSSR count). The molecule has 3 nitrogen and oxygen atoms in total. The van der Waals surface area contributed by atoms with Crippen LogP contribution in [0.3, 0.4) is 0 Å². The fraction of sp³-hybridized carbons (Fsp3) is 0.0833. The van der Waals surface area contributed by atoms with E-state index in [4.69, 9.17) is 5.73 Å². The topological polar surface area (TPSA) is 50.9 Å². The molecule has 0 radical (unpaired) electrons. The predicted molar refractivity (Wildman–Crippen MR) is 70.8 cm³/mol. The molecule has 0 aliphatic heterocycles. The van der Waals surface area contributed by atoms with Crippen LogP contribution in [0.25, 0.3) is 0 Å². The van der Waals surface area contributed by atoms with Crippen molar-refractivity contribution in [1.29, 1.82) is 0 Å². The van der Waals surface area contributed by atoms with Crippen molar-refractivity contribution in [3.8, 4) is 0 Å². The Morgan fingerprint density at radius 1 is 1.41 bits per heavy atom. The van der Waals surface area contributed by atoms with Gasteiger partial charge >= 0.3 is 0 Å². The van der Waals surface area contributed by atoms with E-state index >= 15 is 0 Å². The summed E-state index contributed by atoms with van der Waals surface area (Å²) in [6, 6.07) is 6.62. The minimum absolute atomic E-state index is 0.310. The molecule has 0 fully saturated rings. The first-order valence-corrected chi connectivity index (χ1v) is 5.80. The van der Waals surface area contributed by atoms with E-state index in [0.29, 0.717) is 21.7 Å². The van der Waals surface area contributed by atoms with Gasteiger partial charge in [-0.05, 0) is 40.5 Å². The first-order valence-electron chi connectivity index (χ1n) is 5.01. The molecule has 1 heterocycles. The molecule has 0 aliphatic rings. The van der Waals surface area contributed by atoms with E-state index in [0.717, 1.165) is 5.56 Å². The summed E-state index contributed by atoms with van der Waals surface area (Å²) in [6.07, 6.45) is 1.52. The summed E-state index contributed by atoms with van der Waals surface area (Å²) in [5.74, 6) is 0.225. The number of aromatic nitrogens is 1. The van der Waals surface area contributed by atoms with Crippen molar-refractivity contribution < 1.29 is 4.39 Å². The Kier molecular flexibility index (Phi) is 3.28. The number of halogens is 2. The second-order valence-electron chi connectivity index (χ2n) is 3.66. The third-order valence-corrected chi connectivity index (χ3v) is 2.93. The van der Waals surface area contributed by atoms with Crippen LogP contribution in [-0.2, 0) is 0 Å². The summed E-state index contributed by atoms with van der Waals surface area (Å²) in [7, 11) is 0. The van der Waals surface area contributed by atoms with E-state index in [1.165, 1.54) is 12.3 Å². The van der Waals surface area contributed by atoms with Crippen LogP contribution in [-0.4, -0.2) is 4.98 Å². The summed E-state index contributed by atoms with van der Waals surface area (Å²) in [6.45, 7) is 1.83. The van der Waals surface area contributed by atoms with E-state index in [9.17, 15) is 4.39 Å². The average Bonchev–Trinajstić information content (AvgIpc) is 2.26. The summed E-state index contributed by atoms with van der Waals surface area (Å²) >= 11 is 3.33. The van der Waals surface area contributed by atoms with Crippen molar-refractivity contribution in [2.24, 2.45) is 0 Å². The molecule has 17 heavy (non-hydrogen) atoms. The van der Waals surface area contributed by atoms with E-state index in [1.807, 2.05) is 13.0 Å². The van der Waals surface area contributed by atoms with Crippen molar-refractivity contribution in [1.82, 2.24) is 4.98 Å². The number of para-hydroxylation sites is 1. The minimum Gasteiger partial charge on any atom is -0.397 e. The normalized spacial score (nSPS) is 10.3. The van der Waals surface area contributed by atoms with Crippen LogP contribution in [0.4, 0.5) is 21.6 Å². The third-order valence-electron chi connectivity index (χ3n) is 2.33. The maximum atomic E-state index is 13.6. The Hall–Kier alpha value is -1.62. The standard InChI is InChI=1S/C12H11BrFN3/c1-7-3-2-4-10(14)11(7)17-12-9(13)5-8(15)6-16-12/h2-6H,15H2,1H3,(H,16,17). The van der Waals surface area contributed by atoms with Gasteiger partial charge in [0, 0.05) is 0 Å². The van der Waals surface area contributed by atoms with Gasteiger partial charge in [-0.15, -0.1) is 0 Å². The monoisotopic (exact) mass is 295 g/mol. The number of nitrogens with zero attached hydrogens (tertiary/aromatic N) is 1. The van der Waals surface area contributed by atoms with E-state index in [2.05, 4.69) is 26.2 Å². The molecular formula is C12H11BrFN3. The van der Waals surface area contributed by atoms with E-state index in [-0.39, 0.29) is 5.82 Å². The average molecular weight is 296 g/mol. The first kappa shape index (κ1) is 11.9. The number of benzene rings is 1. The second kappa shape index (κ2) is 4.71. The molecule has 0 atom stereocenters. The van der Waals surface area contributed by atoms with Gasteiger partial charge in [0.25, 0.3) is 0 Å². The van der Waals surface area contributed by atoms with Crippen molar-refractivity contribution in [3.63, 3.8) is 0 Å². The number of pyridine rings is 1. The summed E-state index contributed by atoms with van der Waals surface area (Å²) in [5, 5.41) is 2.95. The molecule has 0 saturated heterocycles. The van der Waals surface area contributed by atoms with Gasteiger partial charge in [-0.3, -0.25) is 0 Å². The number of aryl methyl sites for hydroxylation is 1. The first-order chi connectivity index (χ1) is 8.08. The zero-order chi connectivity index (χ0) is 12.4. The Labute approximate surface area is 107 Å². The van der Waals surface area contributed by atoms with Crippen molar-refractivity contribution in [3.05, 3.63) is 46.3 Å². The van der Waals surface area contributed by atoms with Crippen LogP contribution >= 0.6 is 15.9 Å². The highest BCUT2D eigenvalue weighted by Gasteiger charge is 2.08. The Balaban J connectivity index is 2.38. The summed E-state index contributed by atoms with van der Waals surface area (Å²) in [5.41, 5.74) is 7.37. The number of hydrogen-bond donors (Lipinski definition) is 2. The molecule has 3 N–H and O–H groups in total. The number of anilines is 3. The lowest BCUT2D eigenvalue weighted by Gasteiger charge is -2.11. The smallest absolute Gasteiger partial charge is 0.146 e. The number of rotatable bonds is 2. The maximum absolute atomic E-state index is 13.6. The highest BCUT2D eigenvalue weighted by molar-refractivity contribution is 9.10. The largest absolute Gasteiger partial charge is 0.397 e. The lowest BCUT2D eigenvalue weighted by atomic mass is 10.2. The Morgan fingerprint density at radius 2 is 2.18 bits per heavy atom. The van der Waals surface area contributed by atoms with Gasteiger partial charge in [-0.1, -0.05) is 12.1 Å².